The molecule has 3 rings (SSSR count). The van der Waals surface area contributed by atoms with Gasteiger partial charge in [-0.1, -0.05) is 41.4 Å². The molecular formula is C19H22ClN3O. The summed E-state index contributed by atoms with van der Waals surface area (Å²) in [5.74, 6) is 0. The third-order valence-corrected chi connectivity index (χ3v) is 4.43. The Kier molecular flexibility index (Phi) is 5.38. The van der Waals surface area contributed by atoms with Crippen LogP contribution in [-0.2, 0) is 6.54 Å². The van der Waals surface area contributed by atoms with E-state index in [1.165, 1.54) is 11.1 Å². The highest BCUT2D eigenvalue weighted by Gasteiger charge is 2.21. The summed E-state index contributed by atoms with van der Waals surface area (Å²) in [7, 11) is 0. The molecular weight excluding hydrogens is 322 g/mol. The highest BCUT2D eigenvalue weighted by molar-refractivity contribution is 6.30. The Hall–Kier alpha value is -2.04. The topological polar surface area (TPSA) is 35.6 Å². The Labute approximate surface area is 148 Å². The zero-order valence-corrected chi connectivity index (χ0v) is 14.6. The van der Waals surface area contributed by atoms with Crippen LogP contribution in [0.2, 0.25) is 5.02 Å². The van der Waals surface area contributed by atoms with Gasteiger partial charge >= 0.3 is 6.03 Å². The molecule has 1 aliphatic heterocycles. The number of nitrogens with zero attached hydrogens (tertiary/aromatic N) is 2. The van der Waals surface area contributed by atoms with Gasteiger partial charge in [0.15, 0.2) is 0 Å². The van der Waals surface area contributed by atoms with Crippen LogP contribution in [0.3, 0.4) is 0 Å². The number of anilines is 1. The number of amides is 2. The Morgan fingerprint density at radius 2 is 1.79 bits per heavy atom. The van der Waals surface area contributed by atoms with E-state index in [2.05, 4.69) is 41.4 Å². The molecule has 4 nitrogen and oxygen atoms in total. The second kappa shape index (κ2) is 7.69. The summed E-state index contributed by atoms with van der Waals surface area (Å²) in [5.41, 5.74) is 3.31. The van der Waals surface area contributed by atoms with Crippen molar-refractivity contribution in [3.8, 4) is 0 Å². The summed E-state index contributed by atoms with van der Waals surface area (Å²) in [5, 5.41) is 3.59. The number of benzene rings is 2. The van der Waals surface area contributed by atoms with Crippen molar-refractivity contribution in [1.29, 1.82) is 0 Å². The summed E-state index contributed by atoms with van der Waals surface area (Å²) in [6.45, 7) is 5.40. The molecule has 24 heavy (non-hydrogen) atoms. The Morgan fingerprint density at radius 3 is 2.50 bits per heavy atom. The number of rotatable bonds is 3. The fourth-order valence-corrected chi connectivity index (χ4v) is 2.98. The fourth-order valence-electron chi connectivity index (χ4n) is 2.85. The van der Waals surface area contributed by atoms with Crippen molar-refractivity contribution in [3.63, 3.8) is 0 Å². The van der Waals surface area contributed by atoms with Gasteiger partial charge in [0.2, 0.25) is 0 Å². The number of carbonyl (C=O) groups excluding carboxylic acids is 1. The standard InChI is InChI=1S/C19H22ClN3O/c1-15-3-5-16(6-4-15)13-22-11-2-12-23(14-22)19(24)21-18-9-7-17(20)8-10-18/h3-10H,2,11-14H2,1H3,(H,21,24). The summed E-state index contributed by atoms with van der Waals surface area (Å²) in [4.78, 5) is 16.6. The van der Waals surface area contributed by atoms with Gasteiger partial charge in [0.1, 0.15) is 0 Å². The van der Waals surface area contributed by atoms with E-state index in [0.29, 0.717) is 11.7 Å². The van der Waals surface area contributed by atoms with Gasteiger partial charge in [0.25, 0.3) is 0 Å². The number of urea groups is 1. The highest BCUT2D eigenvalue weighted by atomic mass is 35.5. The van der Waals surface area contributed by atoms with E-state index in [1.54, 1.807) is 12.1 Å². The number of halogens is 1. The molecule has 2 aromatic carbocycles. The molecule has 2 aromatic rings. The minimum Gasteiger partial charge on any atom is -0.311 e. The molecule has 1 aliphatic rings. The number of carbonyl (C=O) groups is 1. The smallest absolute Gasteiger partial charge is 0.311 e. The average molecular weight is 344 g/mol. The minimum atomic E-state index is -0.0640. The van der Waals surface area contributed by atoms with Crippen molar-refractivity contribution in [2.75, 3.05) is 25.1 Å². The first-order chi connectivity index (χ1) is 11.6. The van der Waals surface area contributed by atoms with Crippen LogP contribution < -0.4 is 5.32 Å². The highest BCUT2D eigenvalue weighted by Crippen LogP contribution is 2.16. The van der Waals surface area contributed by atoms with Crippen LogP contribution in [0.15, 0.2) is 48.5 Å². The number of hydrogen-bond donors (Lipinski definition) is 1. The lowest BCUT2D eigenvalue weighted by atomic mass is 10.1. The van der Waals surface area contributed by atoms with Crippen LogP contribution in [0.25, 0.3) is 0 Å². The third-order valence-electron chi connectivity index (χ3n) is 4.18. The molecule has 0 bridgehead atoms. The maximum absolute atomic E-state index is 12.5. The van der Waals surface area contributed by atoms with Gasteiger partial charge in [-0.15, -0.1) is 0 Å². The van der Waals surface area contributed by atoms with Gasteiger partial charge in [0, 0.05) is 30.3 Å². The molecule has 0 radical (unpaired) electrons. The van der Waals surface area contributed by atoms with Crippen molar-refractivity contribution >= 4 is 23.3 Å². The molecule has 0 aliphatic carbocycles. The van der Waals surface area contributed by atoms with Crippen molar-refractivity contribution in [2.45, 2.75) is 19.9 Å². The third kappa shape index (κ3) is 4.49. The first-order valence-corrected chi connectivity index (χ1v) is 8.57. The Bertz CT molecular complexity index is 685. The maximum Gasteiger partial charge on any atom is 0.322 e. The fraction of sp³-hybridized carbons (Fsp3) is 0.316. The lowest BCUT2D eigenvalue weighted by Crippen LogP contribution is -2.48. The van der Waals surface area contributed by atoms with E-state index in [4.69, 9.17) is 11.6 Å². The molecule has 0 spiro atoms. The van der Waals surface area contributed by atoms with Crippen LogP contribution in [0.1, 0.15) is 17.5 Å². The first kappa shape index (κ1) is 16.8. The number of hydrogen-bond acceptors (Lipinski definition) is 2. The van der Waals surface area contributed by atoms with Gasteiger partial charge in [0.05, 0.1) is 6.67 Å². The molecule has 1 saturated heterocycles. The summed E-state index contributed by atoms with van der Waals surface area (Å²) in [6, 6.07) is 15.7. The zero-order chi connectivity index (χ0) is 16.9. The molecule has 5 heteroatoms. The summed E-state index contributed by atoms with van der Waals surface area (Å²) >= 11 is 5.87. The monoisotopic (exact) mass is 343 g/mol. The molecule has 1 heterocycles. The van der Waals surface area contributed by atoms with Gasteiger partial charge < -0.3 is 10.2 Å². The van der Waals surface area contributed by atoms with Crippen LogP contribution in [0.4, 0.5) is 10.5 Å². The predicted molar refractivity (Wildman–Crippen MR) is 98.2 cm³/mol. The second-order valence-corrected chi connectivity index (χ2v) is 6.67. The van der Waals surface area contributed by atoms with Crippen LogP contribution in [0.5, 0.6) is 0 Å². The van der Waals surface area contributed by atoms with E-state index in [-0.39, 0.29) is 6.03 Å². The normalized spacial score (nSPS) is 15.3. The average Bonchev–Trinajstić information content (AvgIpc) is 2.59. The molecule has 126 valence electrons. The lowest BCUT2D eigenvalue weighted by molar-refractivity contribution is 0.105. The minimum absolute atomic E-state index is 0.0640. The lowest BCUT2D eigenvalue weighted by Gasteiger charge is -2.35. The van der Waals surface area contributed by atoms with Gasteiger partial charge in [-0.3, -0.25) is 4.90 Å². The van der Waals surface area contributed by atoms with Gasteiger partial charge in [-0.25, -0.2) is 4.79 Å². The van der Waals surface area contributed by atoms with Crippen LogP contribution >= 0.6 is 11.6 Å². The molecule has 0 saturated carbocycles. The Balaban J connectivity index is 1.57. The van der Waals surface area contributed by atoms with E-state index < -0.39 is 0 Å². The summed E-state index contributed by atoms with van der Waals surface area (Å²) in [6.07, 6.45) is 0.986. The van der Waals surface area contributed by atoms with Crippen molar-refractivity contribution < 1.29 is 4.79 Å². The quantitative estimate of drug-likeness (QED) is 0.899. The van der Waals surface area contributed by atoms with Crippen LogP contribution in [-0.4, -0.2) is 35.6 Å². The zero-order valence-electron chi connectivity index (χ0n) is 13.8. The Morgan fingerprint density at radius 1 is 1.08 bits per heavy atom. The van der Waals surface area contributed by atoms with E-state index >= 15 is 0 Å². The van der Waals surface area contributed by atoms with Gasteiger partial charge in [-0.2, -0.15) is 0 Å². The molecule has 0 aromatic heterocycles. The van der Waals surface area contributed by atoms with E-state index in [9.17, 15) is 4.79 Å². The largest absolute Gasteiger partial charge is 0.322 e. The summed E-state index contributed by atoms with van der Waals surface area (Å²) < 4.78 is 0. The molecule has 1 fully saturated rings. The molecule has 2 amide bonds. The van der Waals surface area contributed by atoms with Crippen molar-refractivity contribution in [1.82, 2.24) is 9.80 Å². The molecule has 1 N–H and O–H groups in total. The van der Waals surface area contributed by atoms with E-state index in [1.807, 2.05) is 17.0 Å². The number of nitrogens with one attached hydrogen (secondary N) is 1. The van der Waals surface area contributed by atoms with Crippen molar-refractivity contribution in [3.05, 3.63) is 64.7 Å². The molecule has 0 atom stereocenters. The first-order valence-electron chi connectivity index (χ1n) is 8.19. The van der Waals surface area contributed by atoms with Crippen molar-refractivity contribution in [2.24, 2.45) is 0 Å². The second-order valence-electron chi connectivity index (χ2n) is 6.23. The molecule has 0 unspecified atom stereocenters. The predicted octanol–water partition coefficient (Wildman–Crippen LogP) is 4.35. The maximum atomic E-state index is 12.5. The SMILES string of the molecule is Cc1ccc(CN2CCCN(C(=O)Nc3ccc(Cl)cc3)C2)cc1. The van der Waals surface area contributed by atoms with E-state index in [0.717, 1.165) is 31.7 Å². The van der Waals surface area contributed by atoms with Gasteiger partial charge in [-0.05, 0) is 43.2 Å². The van der Waals surface area contributed by atoms with Crippen LogP contribution in [0, 0.1) is 6.92 Å². The number of aryl methyl sites for hydroxylation is 1.